The van der Waals surface area contributed by atoms with Crippen LogP contribution in [0.15, 0.2) is 0 Å². The fraction of sp³-hybridized carbons (Fsp3) is 0.938. The van der Waals surface area contributed by atoms with Crippen LogP contribution in [-0.2, 0) is 4.79 Å². The smallest absolute Gasteiger partial charge is 0.137 e. The summed E-state index contributed by atoms with van der Waals surface area (Å²) in [6.45, 7) is 5.66. The minimum atomic E-state index is 0.318. The number of rotatable bonds is 3. The van der Waals surface area contributed by atoms with Gasteiger partial charge in [-0.25, -0.2) is 0 Å². The van der Waals surface area contributed by atoms with E-state index in [4.69, 9.17) is 0 Å². The maximum absolute atomic E-state index is 12.0. The summed E-state index contributed by atoms with van der Waals surface area (Å²) < 4.78 is 0. The molecule has 18 heavy (non-hydrogen) atoms. The van der Waals surface area contributed by atoms with Gasteiger partial charge in [-0.1, -0.05) is 13.8 Å². The van der Waals surface area contributed by atoms with Crippen molar-refractivity contribution in [3.8, 4) is 0 Å². The van der Waals surface area contributed by atoms with Crippen LogP contribution >= 0.6 is 0 Å². The molecule has 2 heteroatoms. The van der Waals surface area contributed by atoms with Crippen LogP contribution in [0.2, 0.25) is 0 Å². The minimum absolute atomic E-state index is 0.318. The number of carbonyl (C=O) groups is 1. The molecule has 2 nitrogen and oxygen atoms in total. The van der Waals surface area contributed by atoms with Crippen LogP contribution in [0, 0.1) is 17.8 Å². The number of hydrogen-bond acceptors (Lipinski definition) is 2. The van der Waals surface area contributed by atoms with E-state index in [-0.39, 0.29) is 0 Å². The van der Waals surface area contributed by atoms with Crippen molar-refractivity contribution in [3.63, 3.8) is 0 Å². The molecule has 0 amide bonds. The van der Waals surface area contributed by atoms with Gasteiger partial charge in [0.05, 0.1) is 0 Å². The summed E-state index contributed by atoms with van der Waals surface area (Å²) in [7, 11) is 2.23. The molecule has 2 unspecified atom stereocenters. The van der Waals surface area contributed by atoms with Gasteiger partial charge in [0.1, 0.15) is 5.78 Å². The summed E-state index contributed by atoms with van der Waals surface area (Å²) in [4.78, 5) is 14.5. The Balaban J connectivity index is 1.82. The predicted molar refractivity (Wildman–Crippen MR) is 75.6 cm³/mol. The highest BCUT2D eigenvalue weighted by molar-refractivity contribution is 5.81. The second-order valence-electron chi connectivity index (χ2n) is 6.90. The molecule has 0 spiro atoms. The molecule has 2 saturated carbocycles. The van der Waals surface area contributed by atoms with E-state index in [2.05, 4.69) is 25.8 Å². The predicted octanol–water partition coefficient (Wildman–Crippen LogP) is 3.50. The van der Waals surface area contributed by atoms with E-state index in [1.54, 1.807) is 0 Å². The minimum Gasteiger partial charge on any atom is -0.303 e. The molecule has 2 rings (SSSR count). The summed E-state index contributed by atoms with van der Waals surface area (Å²) >= 11 is 0. The van der Waals surface area contributed by atoms with E-state index < -0.39 is 0 Å². The molecule has 0 aromatic heterocycles. The second kappa shape index (κ2) is 6.18. The van der Waals surface area contributed by atoms with Crippen LogP contribution in [0.1, 0.15) is 58.8 Å². The summed E-state index contributed by atoms with van der Waals surface area (Å²) in [5.41, 5.74) is 0. The highest BCUT2D eigenvalue weighted by Crippen LogP contribution is 2.30. The van der Waals surface area contributed by atoms with Gasteiger partial charge >= 0.3 is 0 Å². The van der Waals surface area contributed by atoms with Gasteiger partial charge in [-0.05, 0) is 57.4 Å². The number of hydrogen-bond donors (Lipinski definition) is 0. The molecular formula is C16H29NO. The van der Waals surface area contributed by atoms with Crippen LogP contribution in [-0.4, -0.2) is 30.3 Å². The van der Waals surface area contributed by atoms with Crippen LogP contribution in [0.5, 0.6) is 0 Å². The number of ketones is 1. The van der Waals surface area contributed by atoms with Crippen LogP contribution in [0.25, 0.3) is 0 Å². The lowest BCUT2D eigenvalue weighted by atomic mass is 9.80. The molecule has 0 saturated heterocycles. The van der Waals surface area contributed by atoms with E-state index >= 15 is 0 Å². The van der Waals surface area contributed by atoms with Gasteiger partial charge in [0.25, 0.3) is 0 Å². The Kier molecular flexibility index (Phi) is 4.83. The lowest BCUT2D eigenvalue weighted by Gasteiger charge is -2.36. The quantitative estimate of drug-likeness (QED) is 0.765. The molecule has 0 aliphatic heterocycles. The summed E-state index contributed by atoms with van der Waals surface area (Å²) in [5.74, 6) is 2.49. The van der Waals surface area contributed by atoms with Gasteiger partial charge in [0, 0.05) is 24.9 Å². The molecule has 0 radical (unpaired) electrons. The zero-order chi connectivity index (χ0) is 13.1. The standard InChI is InChI=1S/C16H29NO/c1-12-4-7-15(8-5-12)17(3)11-14-10-13(2)6-9-16(14)18/h12-15H,4-11H2,1-3H3. The lowest BCUT2D eigenvalue weighted by molar-refractivity contribution is -0.126. The fourth-order valence-corrected chi connectivity index (χ4v) is 3.68. The van der Waals surface area contributed by atoms with Crippen molar-refractivity contribution in [1.29, 1.82) is 0 Å². The largest absolute Gasteiger partial charge is 0.303 e. The molecule has 104 valence electrons. The van der Waals surface area contributed by atoms with E-state index in [1.807, 2.05) is 0 Å². The average Bonchev–Trinajstić information content (AvgIpc) is 2.34. The van der Waals surface area contributed by atoms with Crippen molar-refractivity contribution in [1.82, 2.24) is 4.90 Å². The molecule has 2 fully saturated rings. The Labute approximate surface area is 112 Å². The molecule has 2 atom stereocenters. The zero-order valence-electron chi connectivity index (χ0n) is 12.3. The molecule has 0 bridgehead atoms. The zero-order valence-corrected chi connectivity index (χ0v) is 12.3. The van der Waals surface area contributed by atoms with Crippen molar-refractivity contribution in [2.75, 3.05) is 13.6 Å². The summed E-state index contributed by atoms with van der Waals surface area (Å²) in [5, 5.41) is 0. The lowest BCUT2D eigenvalue weighted by Crippen LogP contribution is -2.41. The topological polar surface area (TPSA) is 20.3 Å². The third-order valence-corrected chi connectivity index (χ3v) is 5.14. The first-order valence-electron chi connectivity index (χ1n) is 7.79. The fourth-order valence-electron chi connectivity index (χ4n) is 3.68. The molecule has 2 aliphatic rings. The maximum Gasteiger partial charge on any atom is 0.137 e. The van der Waals surface area contributed by atoms with E-state index in [9.17, 15) is 4.79 Å². The molecular weight excluding hydrogens is 222 g/mol. The number of Topliss-reactive ketones (excluding diaryl/α,β-unsaturated/α-hetero) is 1. The molecule has 0 aromatic carbocycles. The first-order chi connectivity index (χ1) is 8.56. The van der Waals surface area contributed by atoms with E-state index in [0.717, 1.165) is 43.7 Å². The van der Waals surface area contributed by atoms with Gasteiger partial charge < -0.3 is 4.90 Å². The highest BCUT2D eigenvalue weighted by atomic mass is 16.1. The summed E-state index contributed by atoms with van der Waals surface area (Å²) in [6.07, 6.45) is 8.43. The van der Waals surface area contributed by atoms with Crippen LogP contribution < -0.4 is 0 Å². The Bertz CT molecular complexity index is 281. The molecule has 0 aromatic rings. The Morgan fingerprint density at radius 1 is 1.06 bits per heavy atom. The van der Waals surface area contributed by atoms with Gasteiger partial charge in [0.2, 0.25) is 0 Å². The van der Waals surface area contributed by atoms with Crippen molar-refractivity contribution in [3.05, 3.63) is 0 Å². The maximum atomic E-state index is 12.0. The highest BCUT2D eigenvalue weighted by Gasteiger charge is 2.30. The van der Waals surface area contributed by atoms with Gasteiger partial charge in [-0.15, -0.1) is 0 Å². The first-order valence-corrected chi connectivity index (χ1v) is 7.79. The second-order valence-corrected chi connectivity index (χ2v) is 6.90. The number of nitrogens with zero attached hydrogens (tertiary/aromatic N) is 1. The SMILES string of the molecule is CC1CCC(N(C)CC2CC(C)CCC2=O)CC1. The van der Waals surface area contributed by atoms with Gasteiger partial charge in [0.15, 0.2) is 0 Å². The van der Waals surface area contributed by atoms with Gasteiger partial charge in [-0.2, -0.15) is 0 Å². The molecule has 0 heterocycles. The average molecular weight is 251 g/mol. The van der Waals surface area contributed by atoms with Crippen molar-refractivity contribution in [2.45, 2.75) is 64.8 Å². The first kappa shape index (κ1) is 14.0. The van der Waals surface area contributed by atoms with E-state index in [1.165, 1.54) is 25.7 Å². The Morgan fingerprint density at radius 3 is 2.39 bits per heavy atom. The Hall–Kier alpha value is -0.370. The van der Waals surface area contributed by atoms with Crippen LogP contribution in [0.3, 0.4) is 0 Å². The van der Waals surface area contributed by atoms with Crippen molar-refractivity contribution in [2.24, 2.45) is 17.8 Å². The summed E-state index contributed by atoms with van der Waals surface area (Å²) in [6, 6.07) is 0.728. The monoisotopic (exact) mass is 251 g/mol. The normalized spacial score (nSPS) is 38.1. The van der Waals surface area contributed by atoms with E-state index in [0.29, 0.717) is 11.7 Å². The number of carbonyl (C=O) groups excluding carboxylic acids is 1. The third kappa shape index (κ3) is 3.57. The third-order valence-electron chi connectivity index (χ3n) is 5.14. The molecule has 0 N–H and O–H groups in total. The Morgan fingerprint density at radius 2 is 1.72 bits per heavy atom. The van der Waals surface area contributed by atoms with Crippen molar-refractivity contribution >= 4 is 5.78 Å². The molecule has 2 aliphatic carbocycles. The van der Waals surface area contributed by atoms with Crippen molar-refractivity contribution < 1.29 is 4.79 Å². The van der Waals surface area contributed by atoms with Gasteiger partial charge in [-0.3, -0.25) is 4.79 Å². The van der Waals surface area contributed by atoms with Crippen LogP contribution in [0.4, 0.5) is 0 Å².